The van der Waals surface area contributed by atoms with Gasteiger partial charge in [0.25, 0.3) is 0 Å². The van der Waals surface area contributed by atoms with Crippen LogP contribution in [-0.4, -0.2) is 29.9 Å². The highest BCUT2D eigenvalue weighted by Gasteiger charge is 2.43. The van der Waals surface area contributed by atoms with Crippen LogP contribution in [0.1, 0.15) is 11.6 Å². The van der Waals surface area contributed by atoms with E-state index in [2.05, 4.69) is 10.6 Å². The van der Waals surface area contributed by atoms with Gasteiger partial charge in [-0.15, -0.1) is 0 Å². The fraction of sp³-hybridized carbons (Fsp3) is 0.130. The van der Waals surface area contributed by atoms with Crippen molar-refractivity contribution in [2.45, 2.75) is 12.1 Å². The van der Waals surface area contributed by atoms with Gasteiger partial charge in [-0.1, -0.05) is 12.1 Å². The van der Waals surface area contributed by atoms with Gasteiger partial charge in [0.2, 0.25) is 0 Å². The number of nitrogens with one attached hydrogen (secondary N) is 2. The Bertz CT molecular complexity index is 1110. The SMILES string of the molecule is O=C(NC[C@H]1OC(=O)N(c2ccc(F)cc2)[C@@H]1c1ccc(O)cc1)Nc1ccc(F)cc1. The summed E-state index contributed by atoms with van der Waals surface area (Å²) in [6, 6.07) is 15.7. The van der Waals surface area contributed by atoms with Crippen LogP contribution in [0, 0.1) is 11.6 Å². The number of carbonyl (C=O) groups is 2. The topological polar surface area (TPSA) is 90.9 Å². The van der Waals surface area contributed by atoms with Crippen molar-refractivity contribution in [3.8, 4) is 5.75 Å². The predicted molar refractivity (Wildman–Crippen MR) is 113 cm³/mol. The fourth-order valence-corrected chi connectivity index (χ4v) is 3.49. The number of hydrogen-bond acceptors (Lipinski definition) is 4. The Morgan fingerprint density at radius 3 is 2.16 bits per heavy atom. The fourth-order valence-electron chi connectivity index (χ4n) is 3.49. The summed E-state index contributed by atoms with van der Waals surface area (Å²) < 4.78 is 31.9. The highest BCUT2D eigenvalue weighted by Crippen LogP contribution is 2.37. The lowest BCUT2D eigenvalue weighted by Gasteiger charge is -2.25. The maximum atomic E-state index is 13.4. The van der Waals surface area contributed by atoms with E-state index >= 15 is 0 Å². The molecule has 2 atom stereocenters. The van der Waals surface area contributed by atoms with Crippen LogP contribution in [0.3, 0.4) is 0 Å². The van der Waals surface area contributed by atoms with Crippen molar-refractivity contribution in [3.05, 3.63) is 90.0 Å². The molecule has 1 aliphatic heterocycles. The largest absolute Gasteiger partial charge is 0.508 e. The first-order valence-corrected chi connectivity index (χ1v) is 9.75. The number of halogens is 2. The van der Waals surface area contributed by atoms with E-state index in [1.165, 1.54) is 65.6 Å². The van der Waals surface area contributed by atoms with E-state index in [1.807, 2.05) is 0 Å². The van der Waals surface area contributed by atoms with Crippen LogP contribution < -0.4 is 15.5 Å². The molecule has 4 rings (SSSR count). The average Bonchev–Trinajstić information content (AvgIpc) is 3.11. The minimum atomic E-state index is -0.768. The molecule has 0 aromatic heterocycles. The van der Waals surface area contributed by atoms with Crippen LogP contribution in [-0.2, 0) is 4.74 Å². The van der Waals surface area contributed by atoms with Crippen molar-refractivity contribution in [1.82, 2.24) is 5.32 Å². The highest BCUT2D eigenvalue weighted by atomic mass is 19.1. The zero-order chi connectivity index (χ0) is 22.7. The smallest absolute Gasteiger partial charge is 0.415 e. The molecule has 1 fully saturated rings. The van der Waals surface area contributed by atoms with E-state index in [9.17, 15) is 23.5 Å². The summed E-state index contributed by atoms with van der Waals surface area (Å²) in [5.41, 5.74) is 1.48. The molecule has 164 valence electrons. The van der Waals surface area contributed by atoms with Gasteiger partial charge in [-0.3, -0.25) is 4.90 Å². The molecule has 1 saturated heterocycles. The number of phenolic OH excluding ortho intramolecular Hbond substituents is 1. The number of rotatable bonds is 5. The quantitative estimate of drug-likeness (QED) is 0.544. The lowest BCUT2D eigenvalue weighted by atomic mass is 10.00. The Morgan fingerprint density at radius 1 is 0.938 bits per heavy atom. The molecule has 1 aliphatic rings. The standard InChI is InChI=1S/C23H19F2N3O4/c24-15-3-7-17(8-4-15)27-22(30)26-13-20-21(14-1-11-19(29)12-2-14)28(23(31)32-20)18-9-5-16(25)6-10-18/h1-12,20-21,29H,13H2,(H2,26,27,30)/t20-,21-/m1/s1. The molecule has 3 amide bonds. The molecular weight excluding hydrogens is 420 g/mol. The van der Waals surface area contributed by atoms with Crippen LogP contribution in [0.2, 0.25) is 0 Å². The van der Waals surface area contributed by atoms with Gasteiger partial charge in [-0.2, -0.15) is 0 Å². The zero-order valence-corrected chi connectivity index (χ0v) is 16.7. The first-order valence-electron chi connectivity index (χ1n) is 9.75. The second-order valence-corrected chi connectivity index (χ2v) is 7.15. The van der Waals surface area contributed by atoms with Gasteiger partial charge < -0.3 is 20.5 Å². The Labute approximate surface area is 182 Å². The van der Waals surface area contributed by atoms with E-state index < -0.39 is 35.9 Å². The summed E-state index contributed by atoms with van der Waals surface area (Å²) in [7, 11) is 0. The molecule has 3 aromatic rings. The van der Waals surface area contributed by atoms with Gasteiger partial charge >= 0.3 is 12.1 Å². The van der Waals surface area contributed by atoms with Crippen molar-refractivity contribution >= 4 is 23.5 Å². The van der Waals surface area contributed by atoms with E-state index in [0.29, 0.717) is 16.9 Å². The molecule has 0 bridgehead atoms. The van der Waals surface area contributed by atoms with Crippen LogP contribution in [0.4, 0.5) is 29.7 Å². The van der Waals surface area contributed by atoms with Gasteiger partial charge in [-0.25, -0.2) is 18.4 Å². The molecule has 0 aliphatic carbocycles. The Balaban J connectivity index is 1.53. The van der Waals surface area contributed by atoms with Gasteiger partial charge in [0.1, 0.15) is 29.5 Å². The van der Waals surface area contributed by atoms with Gasteiger partial charge in [0.15, 0.2) is 0 Å². The van der Waals surface area contributed by atoms with Gasteiger partial charge in [-0.05, 0) is 66.2 Å². The second kappa shape index (κ2) is 8.93. The van der Waals surface area contributed by atoms with E-state index in [-0.39, 0.29) is 12.3 Å². The van der Waals surface area contributed by atoms with E-state index in [1.54, 1.807) is 12.1 Å². The zero-order valence-electron chi connectivity index (χ0n) is 16.7. The summed E-state index contributed by atoms with van der Waals surface area (Å²) in [4.78, 5) is 26.3. The number of cyclic esters (lactones) is 1. The van der Waals surface area contributed by atoms with Gasteiger partial charge in [0.05, 0.1) is 6.54 Å². The van der Waals surface area contributed by atoms with Crippen LogP contribution in [0.5, 0.6) is 5.75 Å². The van der Waals surface area contributed by atoms with Crippen LogP contribution in [0.25, 0.3) is 0 Å². The van der Waals surface area contributed by atoms with Crippen molar-refractivity contribution in [2.24, 2.45) is 0 Å². The summed E-state index contributed by atoms with van der Waals surface area (Å²) in [5, 5.41) is 14.8. The van der Waals surface area contributed by atoms with Gasteiger partial charge in [0, 0.05) is 11.4 Å². The van der Waals surface area contributed by atoms with Crippen LogP contribution in [0.15, 0.2) is 72.8 Å². The molecule has 0 saturated carbocycles. The van der Waals surface area contributed by atoms with Crippen LogP contribution >= 0.6 is 0 Å². The number of urea groups is 1. The number of ether oxygens (including phenoxy) is 1. The Kier molecular flexibility index (Phi) is 5.89. The lowest BCUT2D eigenvalue weighted by Crippen LogP contribution is -2.38. The number of anilines is 2. The number of phenols is 1. The minimum absolute atomic E-state index is 0.0258. The van der Waals surface area contributed by atoms with Crippen molar-refractivity contribution in [2.75, 3.05) is 16.8 Å². The summed E-state index contributed by atoms with van der Waals surface area (Å²) in [6.07, 6.45) is -1.42. The van der Waals surface area contributed by atoms with Crippen molar-refractivity contribution in [1.29, 1.82) is 0 Å². The third kappa shape index (κ3) is 4.61. The average molecular weight is 439 g/mol. The third-order valence-electron chi connectivity index (χ3n) is 4.98. The summed E-state index contributed by atoms with van der Waals surface area (Å²) >= 11 is 0. The molecule has 1 heterocycles. The molecule has 9 heteroatoms. The Hall–Kier alpha value is -4.14. The first-order chi connectivity index (χ1) is 15.4. The number of hydrogen-bond donors (Lipinski definition) is 3. The third-order valence-corrected chi connectivity index (χ3v) is 4.98. The number of amides is 3. The second-order valence-electron chi connectivity index (χ2n) is 7.15. The van der Waals surface area contributed by atoms with Crippen molar-refractivity contribution < 1.29 is 28.2 Å². The summed E-state index contributed by atoms with van der Waals surface area (Å²) in [5.74, 6) is -0.815. The number of benzene rings is 3. The number of nitrogens with zero attached hydrogens (tertiary/aromatic N) is 1. The molecule has 32 heavy (non-hydrogen) atoms. The number of aromatic hydroxyl groups is 1. The molecule has 0 spiro atoms. The summed E-state index contributed by atoms with van der Waals surface area (Å²) in [6.45, 7) is -0.0258. The molecular formula is C23H19F2N3O4. The van der Waals surface area contributed by atoms with E-state index in [4.69, 9.17) is 4.74 Å². The molecule has 3 aromatic carbocycles. The normalized spacial score (nSPS) is 17.7. The molecule has 3 N–H and O–H groups in total. The van der Waals surface area contributed by atoms with E-state index in [0.717, 1.165) is 0 Å². The first kappa shape index (κ1) is 21.1. The Morgan fingerprint density at radius 2 is 1.53 bits per heavy atom. The molecule has 7 nitrogen and oxygen atoms in total. The molecule has 0 unspecified atom stereocenters. The van der Waals surface area contributed by atoms with Crippen molar-refractivity contribution in [3.63, 3.8) is 0 Å². The minimum Gasteiger partial charge on any atom is -0.508 e. The number of carbonyl (C=O) groups excluding carboxylic acids is 2. The monoisotopic (exact) mass is 439 g/mol. The maximum absolute atomic E-state index is 13.4. The predicted octanol–water partition coefficient (Wildman–Crippen LogP) is 4.56. The highest BCUT2D eigenvalue weighted by molar-refractivity contribution is 5.92. The lowest BCUT2D eigenvalue weighted by molar-refractivity contribution is 0.131. The maximum Gasteiger partial charge on any atom is 0.415 e. The molecule has 0 radical (unpaired) electrons.